The van der Waals surface area contributed by atoms with Gasteiger partial charge in [0, 0.05) is 10.6 Å². The zero-order chi connectivity index (χ0) is 9.97. The molecule has 2 aromatic rings. The van der Waals surface area contributed by atoms with Gasteiger partial charge >= 0.3 is 0 Å². The first kappa shape index (κ1) is 11.7. The summed E-state index contributed by atoms with van der Waals surface area (Å²) in [6.45, 7) is 0. The van der Waals surface area contributed by atoms with Gasteiger partial charge in [-0.3, -0.25) is 0 Å². The molecule has 0 aliphatic heterocycles. The van der Waals surface area contributed by atoms with Crippen molar-refractivity contribution in [1.29, 1.82) is 0 Å². The molecule has 0 aliphatic rings. The predicted octanol–water partition coefficient (Wildman–Crippen LogP) is 4.78. The van der Waals surface area contributed by atoms with Gasteiger partial charge in [-0.05, 0) is 23.8 Å². The number of benzene rings is 2. The van der Waals surface area contributed by atoms with E-state index in [2.05, 4.69) is 0 Å². The highest BCUT2D eigenvalue weighted by atomic mass is 35.5. The first-order valence-electron chi connectivity index (χ1n) is 4.28. The molecule has 0 atom stereocenters. The van der Waals surface area contributed by atoms with Gasteiger partial charge in [-0.1, -0.05) is 49.4 Å². The van der Waals surface area contributed by atoms with Gasteiger partial charge in [-0.15, -0.1) is 0 Å². The van der Waals surface area contributed by atoms with Crippen molar-refractivity contribution < 1.29 is 4.39 Å². The number of hydrogen-bond acceptors (Lipinski definition) is 0. The van der Waals surface area contributed by atoms with Crippen LogP contribution in [0.25, 0.3) is 11.1 Å². The molecule has 0 fully saturated rings. The maximum Gasteiger partial charge on any atom is 0.123 e. The summed E-state index contributed by atoms with van der Waals surface area (Å²) in [5.74, 6) is -0.235. The average Bonchev–Trinajstić information content (AvgIpc) is 2.20. The average molecular weight is 223 g/mol. The highest BCUT2D eigenvalue weighted by molar-refractivity contribution is 6.33. The van der Waals surface area contributed by atoms with Crippen molar-refractivity contribution in [3.8, 4) is 11.1 Å². The highest BCUT2D eigenvalue weighted by Gasteiger charge is 2.01. The Bertz CT molecular complexity index is 435. The van der Waals surface area contributed by atoms with E-state index in [1.807, 2.05) is 24.3 Å². The number of halogens is 2. The van der Waals surface area contributed by atoms with Gasteiger partial charge in [0.15, 0.2) is 0 Å². The normalized spacial score (nSPS) is 9.47. The van der Waals surface area contributed by atoms with E-state index in [0.29, 0.717) is 5.02 Å². The monoisotopic (exact) mass is 222 g/mol. The summed E-state index contributed by atoms with van der Waals surface area (Å²) >= 11 is 6.00. The minimum atomic E-state index is -0.235. The molecular formula is C13H12ClF. The molecule has 0 heterocycles. The SMILES string of the molecule is C.Fc1ccc(-c2ccccc2Cl)cc1. The van der Waals surface area contributed by atoms with Crippen LogP contribution in [0.2, 0.25) is 5.02 Å². The Labute approximate surface area is 94.3 Å². The Hall–Kier alpha value is -1.34. The molecule has 0 saturated heterocycles. The van der Waals surface area contributed by atoms with Crippen LogP contribution in [0.4, 0.5) is 4.39 Å². The second-order valence-corrected chi connectivity index (χ2v) is 3.39. The molecule has 0 radical (unpaired) electrons. The van der Waals surface area contributed by atoms with Gasteiger partial charge in [0.2, 0.25) is 0 Å². The van der Waals surface area contributed by atoms with Gasteiger partial charge in [-0.25, -0.2) is 4.39 Å². The first-order chi connectivity index (χ1) is 6.77. The third-order valence-electron chi connectivity index (χ3n) is 2.03. The Morgan fingerprint density at radius 2 is 1.47 bits per heavy atom. The van der Waals surface area contributed by atoms with Crippen molar-refractivity contribution in [2.75, 3.05) is 0 Å². The van der Waals surface area contributed by atoms with Crippen LogP contribution in [-0.2, 0) is 0 Å². The van der Waals surface area contributed by atoms with E-state index in [0.717, 1.165) is 11.1 Å². The fourth-order valence-electron chi connectivity index (χ4n) is 1.32. The van der Waals surface area contributed by atoms with E-state index in [1.165, 1.54) is 12.1 Å². The summed E-state index contributed by atoms with van der Waals surface area (Å²) < 4.78 is 12.7. The molecule has 0 N–H and O–H groups in total. The van der Waals surface area contributed by atoms with E-state index in [-0.39, 0.29) is 13.2 Å². The van der Waals surface area contributed by atoms with E-state index >= 15 is 0 Å². The summed E-state index contributed by atoms with van der Waals surface area (Å²) in [6, 6.07) is 13.8. The third kappa shape index (κ3) is 2.57. The van der Waals surface area contributed by atoms with Crippen LogP contribution in [0.5, 0.6) is 0 Å². The highest BCUT2D eigenvalue weighted by Crippen LogP contribution is 2.27. The Kier molecular flexibility index (Phi) is 3.87. The van der Waals surface area contributed by atoms with E-state index in [9.17, 15) is 4.39 Å². The molecule has 15 heavy (non-hydrogen) atoms. The number of hydrogen-bond donors (Lipinski definition) is 0. The molecule has 2 rings (SSSR count). The van der Waals surface area contributed by atoms with Crippen molar-refractivity contribution in [2.24, 2.45) is 0 Å². The third-order valence-corrected chi connectivity index (χ3v) is 2.36. The summed E-state index contributed by atoms with van der Waals surface area (Å²) in [7, 11) is 0. The van der Waals surface area contributed by atoms with Crippen LogP contribution in [0, 0.1) is 5.82 Å². The second kappa shape index (κ2) is 4.94. The van der Waals surface area contributed by atoms with Crippen LogP contribution in [0.3, 0.4) is 0 Å². The molecule has 0 saturated carbocycles. The molecule has 0 nitrogen and oxygen atoms in total. The van der Waals surface area contributed by atoms with Gasteiger partial charge < -0.3 is 0 Å². The smallest absolute Gasteiger partial charge is 0.123 e. The second-order valence-electron chi connectivity index (χ2n) is 2.99. The van der Waals surface area contributed by atoms with Crippen LogP contribution in [-0.4, -0.2) is 0 Å². The maximum absolute atomic E-state index is 12.7. The van der Waals surface area contributed by atoms with Crippen molar-refractivity contribution in [3.63, 3.8) is 0 Å². The zero-order valence-corrected chi connectivity index (χ0v) is 8.13. The van der Waals surface area contributed by atoms with Crippen molar-refractivity contribution in [2.45, 2.75) is 7.43 Å². The fraction of sp³-hybridized carbons (Fsp3) is 0.0769. The number of rotatable bonds is 1. The van der Waals surface area contributed by atoms with Gasteiger partial charge in [0.25, 0.3) is 0 Å². The molecular weight excluding hydrogens is 211 g/mol. The lowest BCUT2D eigenvalue weighted by atomic mass is 10.1. The molecule has 0 bridgehead atoms. The standard InChI is InChI=1S/C12H8ClF.CH4/c13-12-4-2-1-3-11(12)9-5-7-10(14)8-6-9;/h1-8H;1H4. The van der Waals surface area contributed by atoms with Crippen molar-refractivity contribution in [1.82, 2.24) is 0 Å². The van der Waals surface area contributed by atoms with Crippen LogP contribution in [0.1, 0.15) is 7.43 Å². The Balaban J connectivity index is 0.00000112. The minimum Gasteiger partial charge on any atom is -0.207 e. The first-order valence-corrected chi connectivity index (χ1v) is 4.65. The van der Waals surface area contributed by atoms with Crippen molar-refractivity contribution in [3.05, 3.63) is 59.4 Å². The summed E-state index contributed by atoms with van der Waals surface area (Å²) in [4.78, 5) is 0. The maximum atomic E-state index is 12.7. The van der Waals surface area contributed by atoms with E-state index in [4.69, 9.17) is 11.6 Å². The lowest BCUT2D eigenvalue weighted by Gasteiger charge is -2.03. The molecule has 2 aromatic carbocycles. The minimum absolute atomic E-state index is 0. The fourth-order valence-corrected chi connectivity index (χ4v) is 1.57. The molecule has 0 amide bonds. The molecule has 0 unspecified atom stereocenters. The zero-order valence-electron chi connectivity index (χ0n) is 7.37. The largest absolute Gasteiger partial charge is 0.207 e. The van der Waals surface area contributed by atoms with Crippen LogP contribution >= 0.6 is 11.6 Å². The molecule has 0 aliphatic carbocycles. The van der Waals surface area contributed by atoms with Crippen LogP contribution < -0.4 is 0 Å². The Morgan fingerprint density at radius 1 is 0.867 bits per heavy atom. The quantitative estimate of drug-likeness (QED) is 0.651. The molecule has 78 valence electrons. The molecule has 0 aromatic heterocycles. The molecule has 2 heteroatoms. The Morgan fingerprint density at radius 3 is 2.07 bits per heavy atom. The molecule has 0 spiro atoms. The van der Waals surface area contributed by atoms with E-state index < -0.39 is 0 Å². The van der Waals surface area contributed by atoms with Gasteiger partial charge in [0.1, 0.15) is 5.82 Å². The van der Waals surface area contributed by atoms with Crippen LogP contribution in [0.15, 0.2) is 48.5 Å². The topological polar surface area (TPSA) is 0 Å². The lowest BCUT2D eigenvalue weighted by Crippen LogP contribution is -1.79. The van der Waals surface area contributed by atoms with E-state index in [1.54, 1.807) is 12.1 Å². The summed E-state index contributed by atoms with van der Waals surface area (Å²) in [6.07, 6.45) is 0. The summed E-state index contributed by atoms with van der Waals surface area (Å²) in [5.41, 5.74) is 1.85. The predicted molar refractivity (Wildman–Crippen MR) is 63.6 cm³/mol. The van der Waals surface area contributed by atoms with Gasteiger partial charge in [0.05, 0.1) is 0 Å². The summed E-state index contributed by atoms with van der Waals surface area (Å²) in [5, 5.41) is 0.680. The lowest BCUT2D eigenvalue weighted by molar-refractivity contribution is 0.628. The van der Waals surface area contributed by atoms with Crippen molar-refractivity contribution >= 4 is 11.6 Å². The van der Waals surface area contributed by atoms with Gasteiger partial charge in [-0.2, -0.15) is 0 Å².